The molecule has 8 heteroatoms. The first-order valence-corrected chi connectivity index (χ1v) is 12.4. The Morgan fingerprint density at radius 1 is 1.03 bits per heavy atom. The molecular weight excluding hydrogens is 507 g/mol. The Labute approximate surface area is 219 Å². The topological polar surface area (TPSA) is 64.4 Å². The molecule has 182 valence electrons. The molecule has 5 nitrogen and oxygen atoms in total. The van der Waals surface area contributed by atoms with Crippen LogP contribution in [0.5, 0.6) is 5.75 Å². The summed E-state index contributed by atoms with van der Waals surface area (Å²) < 4.78 is 11.5. The number of aromatic nitrogens is 1. The third kappa shape index (κ3) is 5.27. The number of rotatable bonds is 7. The minimum atomic E-state index is -0.352. The Kier molecular flexibility index (Phi) is 7.60. The van der Waals surface area contributed by atoms with E-state index in [9.17, 15) is 4.79 Å². The van der Waals surface area contributed by atoms with E-state index in [1.165, 1.54) is 5.56 Å². The van der Waals surface area contributed by atoms with E-state index in [0.717, 1.165) is 23.1 Å². The predicted molar refractivity (Wildman–Crippen MR) is 143 cm³/mol. The van der Waals surface area contributed by atoms with Gasteiger partial charge in [0.1, 0.15) is 5.52 Å². The van der Waals surface area contributed by atoms with Crippen molar-refractivity contribution in [2.75, 3.05) is 11.9 Å². The van der Waals surface area contributed by atoms with E-state index in [0.29, 0.717) is 33.6 Å². The number of nitrogens with one attached hydrogen (secondary N) is 1. The van der Waals surface area contributed by atoms with Gasteiger partial charge in [0, 0.05) is 16.3 Å². The number of hydrogen-bond acceptors (Lipinski definition) is 4. The van der Waals surface area contributed by atoms with Crippen LogP contribution in [0.1, 0.15) is 42.9 Å². The van der Waals surface area contributed by atoms with Crippen molar-refractivity contribution < 1.29 is 13.9 Å². The van der Waals surface area contributed by atoms with E-state index in [-0.39, 0.29) is 28.3 Å². The molecule has 0 spiro atoms. The summed E-state index contributed by atoms with van der Waals surface area (Å²) in [4.78, 5) is 17.1. The van der Waals surface area contributed by atoms with Gasteiger partial charge in [-0.25, -0.2) is 4.98 Å². The van der Waals surface area contributed by atoms with Gasteiger partial charge < -0.3 is 14.5 Å². The summed E-state index contributed by atoms with van der Waals surface area (Å²) in [6, 6.07) is 13.4. The first kappa shape index (κ1) is 25.4. The van der Waals surface area contributed by atoms with E-state index in [1.54, 1.807) is 26.0 Å². The minimum Gasteiger partial charge on any atom is -0.481 e. The fourth-order valence-corrected chi connectivity index (χ4v) is 4.50. The second-order valence-electron chi connectivity index (χ2n) is 8.49. The Bertz CT molecular complexity index is 1370. The van der Waals surface area contributed by atoms with Crippen molar-refractivity contribution in [1.29, 1.82) is 0 Å². The first-order chi connectivity index (χ1) is 16.7. The molecule has 1 heterocycles. The van der Waals surface area contributed by atoms with Gasteiger partial charge >= 0.3 is 0 Å². The van der Waals surface area contributed by atoms with Crippen LogP contribution in [0.3, 0.4) is 0 Å². The van der Waals surface area contributed by atoms with Crippen molar-refractivity contribution in [2.24, 2.45) is 0 Å². The van der Waals surface area contributed by atoms with Crippen molar-refractivity contribution in [3.8, 4) is 17.2 Å². The van der Waals surface area contributed by atoms with Crippen LogP contribution >= 0.6 is 34.8 Å². The van der Waals surface area contributed by atoms with E-state index in [2.05, 4.69) is 36.3 Å². The number of carbonyl (C=O) groups excluding carboxylic acids is 1. The lowest BCUT2D eigenvalue weighted by Gasteiger charge is -2.15. The number of oxazole rings is 1. The molecule has 0 saturated carbocycles. The van der Waals surface area contributed by atoms with Gasteiger partial charge in [-0.05, 0) is 79.3 Å². The molecule has 1 atom stereocenters. The monoisotopic (exact) mass is 530 g/mol. The minimum absolute atomic E-state index is 0.241. The number of benzene rings is 3. The fourth-order valence-electron chi connectivity index (χ4n) is 3.68. The maximum absolute atomic E-state index is 12.4. The summed E-state index contributed by atoms with van der Waals surface area (Å²) in [7, 11) is 0. The van der Waals surface area contributed by atoms with Gasteiger partial charge in [-0.15, -0.1) is 0 Å². The number of ether oxygens (including phenoxy) is 1. The van der Waals surface area contributed by atoms with Crippen LogP contribution in [0, 0.1) is 13.8 Å². The van der Waals surface area contributed by atoms with Gasteiger partial charge in [0.25, 0.3) is 5.91 Å². The summed E-state index contributed by atoms with van der Waals surface area (Å²) in [6.45, 7) is 7.64. The third-order valence-corrected chi connectivity index (χ3v) is 7.55. The highest BCUT2D eigenvalue weighted by atomic mass is 35.5. The lowest BCUT2D eigenvalue weighted by molar-refractivity contribution is -0.118. The summed E-state index contributed by atoms with van der Waals surface area (Å²) in [5.41, 5.74) is 5.54. The standard InChI is InChI=1S/C27H25Cl3N2O3/c1-5-14(2)18-8-11-21-20(12-18)32-27(35-21)17-6-9-19(10-7-17)31-22(33)13-34-26-24(29)15(3)23(28)16(4)25(26)30/h6-12,14H,5,13H2,1-4H3,(H,31,33)/t14-/m0/s1. The summed E-state index contributed by atoms with van der Waals surface area (Å²) in [6.07, 6.45) is 1.06. The normalized spacial score (nSPS) is 12.1. The lowest BCUT2D eigenvalue weighted by Crippen LogP contribution is -2.20. The highest BCUT2D eigenvalue weighted by Gasteiger charge is 2.19. The average molecular weight is 532 g/mol. The summed E-state index contributed by atoms with van der Waals surface area (Å²) >= 11 is 18.9. The molecule has 0 aliphatic carbocycles. The first-order valence-electron chi connectivity index (χ1n) is 11.3. The second-order valence-corrected chi connectivity index (χ2v) is 9.62. The van der Waals surface area contributed by atoms with Crippen LogP contribution < -0.4 is 10.1 Å². The van der Waals surface area contributed by atoms with Crippen molar-refractivity contribution >= 4 is 57.5 Å². The number of carbonyl (C=O) groups is 1. The second kappa shape index (κ2) is 10.5. The number of nitrogens with zero attached hydrogens (tertiary/aromatic N) is 1. The van der Waals surface area contributed by atoms with E-state index >= 15 is 0 Å². The van der Waals surface area contributed by atoms with E-state index in [1.807, 2.05) is 18.2 Å². The van der Waals surface area contributed by atoms with Crippen molar-refractivity contribution in [2.45, 2.75) is 40.0 Å². The number of fused-ring (bicyclic) bond motifs is 1. The SMILES string of the molecule is CC[C@H](C)c1ccc2oc(-c3ccc(NC(=O)COc4c(Cl)c(C)c(Cl)c(C)c4Cl)cc3)nc2c1. The zero-order valence-corrected chi connectivity index (χ0v) is 22.1. The van der Waals surface area contributed by atoms with Crippen LogP contribution in [0.2, 0.25) is 15.1 Å². The maximum atomic E-state index is 12.4. The molecule has 0 fully saturated rings. The van der Waals surface area contributed by atoms with E-state index in [4.69, 9.17) is 44.0 Å². The molecule has 3 aromatic carbocycles. The Morgan fingerprint density at radius 3 is 2.31 bits per heavy atom. The Morgan fingerprint density at radius 2 is 1.69 bits per heavy atom. The van der Waals surface area contributed by atoms with Gasteiger partial charge in [-0.2, -0.15) is 0 Å². The van der Waals surface area contributed by atoms with Gasteiger partial charge in [-0.3, -0.25) is 4.79 Å². The highest BCUT2D eigenvalue weighted by Crippen LogP contribution is 2.42. The van der Waals surface area contributed by atoms with Crippen molar-refractivity contribution in [1.82, 2.24) is 4.98 Å². The Balaban J connectivity index is 1.43. The van der Waals surface area contributed by atoms with Gasteiger partial charge in [-0.1, -0.05) is 54.7 Å². The van der Waals surface area contributed by atoms with Gasteiger partial charge in [0.15, 0.2) is 17.9 Å². The molecule has 4 rings (SSSR count). The molecule has 1 aromatic heterocycles. The molecule has 4 aromatic rings. The number of halogens is 3. The van der Waals surface area contributed by atoms with Crippen molar-refractivity contribution in [3.05, 3.63) is 74.2 Å². The van der Waals surface area contributed by atoms with Crippen LogP contribution in [-0.2, 0) is 4.79 Å². The number of anilines is 1. The summed E-state index contributed by atoms with van der Waals surface area (Å²) in [5, 5.41) is 3.85. The van der Waals surface area contributed by atoms with Crippen LogP contribution in [0.15, 0.2) is 46.9 Å². The smallest absolute Gasteiger partial charge is 0.262 e. The zero-order valence-electron chi connectivity index (χ0n) is 19.8. The summed E-state index contributed by atoms with van der Waals surface area (Å²) in [5.74, 6) is 0.881. The highest BCUT2D eigenvalue weighted by molar-refractivity contribution is 6.42. The zero-order chi connectivity index (χ0) is 25.3. The average Bonchev–Trinajstić information content (AvgIpc) is 3.29. The molecule has 0 saturated heterocycles. The molecule has 35 heavy (non-hydrogen) atoms. The van der Waals surface area contributed by atoms with Crippen LogP contribution in [0.25, 0.3) is 22.6 Å². The molecule has 1 N–H and O–H groups in total. The largest absolute Gasteiger partial charge is 0.481 e. The molecule has 0 aliphatic rings. The van der Waals surface area contributed by atoms with Crippen molar-refractivity contribution in [3.63, 3.8) is 0 Å². The fraction of sp³-hybridized carbons (Fsp3) is 0.259. The van der Waals surface area contributed by atoms with Gasteiger partial charge in [0.2, 0.25) is 5.89 Å². The number of hydrogen-bond donors (Lipinski definition) is 1. The molecule has 0 unspecified atom stereocenters. The quantitative estimate of drug-likeness (QED) is 0.259. The molecule has 0 aliphatic heterocycles. The molecule has 0 radical (unpaired) electrons. The third-order valence-electron chi connectivity index (χ3n) is 6.07. The van der Waals surface area contributed by atoms with E-state index < -0.39 is 0 Å². The maximum Gasteiger partial charge on any atom is 0.262 e. The lowest BCUT2D eigenvalue weighted by atomic mass is 9.98. The van der Waals surface area contributed by atoms with Crippen LogP contribution in [0.4, 0.5) is 5.69 Å². The number of amides is 1. The van der Waals surface area contributed by atoms with Crippen LogP contribution in [-0.4, -0.2) is 17.5 Å². The van der Waals surface area contributed by atoms with Gasteiger partial charge in [0.05, 0.1) is 10.0 Å². The predicted octanol–water partition coefficient (Wildman–Crippen LogP) is 8.60. The molecular formula is C27H25Cl3N2O3. The Hall–Kier alpha value is -2.73. The molecule has 1 amide bonds. The molecule has 0 bridgehead atoms.